The number of rotatable bonds is 0. The van der Waals surface area contributed by atoms with Crippen molar-refractivity contribution in [2.24, 2.45) is 0 Å². The molecule has 2 heteroatoms. The number of fused-ring (bicyclic) bond motifs is 1. The quantitative estimate of drug-likeness (QED) is 0.617. The third-order valence-electron chi connectivity index (χ3n) is 2.33. The van der Waals surface area contributed by atoms with E-state index in [-0.39, 0.29) is 5.60 Å². The zero-order valence-corrected chi connectivity index (χ0v) is 8.35. The summed E-state index contributed by atoms with van der Waals surface area (Å²) in [5.41, 5.74) is 8.98. The number of hydrogen-bond acceptors (Lipinski definition) is 2. The highest BCUT2D eigenvalue weighted by atomic mass is 16.5. The van der Waals surface area contributed by atoms with Crippen LogP contribution >= 0.6 is 0 Å². The third-order valence-corrected chi connectivity index (χ3v) is 2.33. The average Bonchev–Trinajstić information content (AvgIpc) is 2.23. The molecule has 0 aromatic heterocycles. The summed E-state index contributed by atoms with van der Waals surface area (Å²) < 4.78 is 5.76. The summed E-state index contributed by atoms with van der Waals surface area (Å²) in [6.07, 6.45) is 0.953. The Kier molecular flexibility index (Phi) is 1.56. The molecule has 2 rings (SSSR count). The number of aryl methyl sites for hydroxylation is 1. The van der Waals surface area contributed by atoms with Crippen LogP contribution in [0.25, 0.3) is 0 Å². The molecule has 0 atom stereocenters. The molecular weight excluding hydrogens is 162 g/mol. The number of benzene rings is 1. The van der Waals surface area contributed by atoms with E-state index in [1.54, 1.807) is 0 Å². The van der Waals surface area contributed by atoms with Crippen molar-refractivity contribution in [3.05, 3.63) is 23.3 Å². The maximum atomic E-state index is 5.87. The Balaban J connectivity index is 2.52. The van der Waals surface area contributed by atoms with E-state index in [0.29, 0.717) is 0 Å². The van der Waals surface area contributed by atoms with Crippen molar-refractivity contribution in [3.8, 4) is 5.75 Å². The Morgan fingerprint density at radius 3 is 2.77 bits per heavy atom. The Morgan fingerprint density at radius 2 is 2.08 bits per heavy atom. The first kappa shape index (κ1) is 8.42. The van der Waals surface area contributed by atoms with Gasteiger partial charge in [-0.25, -0.2) is 0 Å². The second-order valence-electron chi connectivity index (χ2n) is 4.38. The minimum absolute atomic E-state index is 0.0930. The third kappa shape index (κ3) is 1.37. The van der Waals surface area contributed by atoms with Crippen LogP contribution in [0.4, 0.5) is 5.69 Å². The number of nitrogen functional groups attached to an aromatic ring is 1. The predicted octanol–water partition coefficient (Wildman–Crippen LogP) is 2.29. The van der Waals surface area contributed by atoms with E-state index in [0.717, 1.165) is 17.9 Å². The number of ether oxygens (including phenoxy) is 1. The first-order chi connectivity index (χ1) is 5.98. The van der Waals surface area contributed by atoms with Gasteiger partial charge in [0, 0.05) is 12.0 Å². The summed E-state index contributed by atoms with van der Waals surface area (Å²) in [5, 5.41) is 0. The van der Waals surface area contributed by atoms with E-state index in [9.17, 15) is 0 Å². The van der Waals surface area contributed by atoms with E-state index in [1.807, 2.05) is 6.07 Å². The molecule has 1 aliphatic heterocycles. The largest absolute Gasteiger partial charge is 0.485 e. The zero-order chi connectivity index (χ0) is 9.64. The normalized spacial score (nSPS) is 18.1. The molecule has 2 nitrogen and oxygen atoms in total. The fourth-order valence-electron chi connectivity index (χ4n) is 1.91. The standard InChI is InChI=1S/C11H15NO/c1-7-4-8-6-11(2,3)13-10(8)9(12)5-7/h4-5H,6,12H2,1-3H3. The lowest BCUT2D eigenvalue weighted by atomic mass is 10.00. The molecular formula is C11H15NO. The number of nitrogens with two attached hydrogens (primary N) is 1. The minimum atomic E-state index is -0.0930. The smallest absolute Gasteiger partial charge is 0.146 e. The van der Waals surface area contributed by atoms with Gasteiger partial charge in [0.2, 0.25) is 0 Å². The van der Waals surface area contributed by atoms with E-state index in [1.165, 1.54) is 11.1 Å². The molecule has 0 saturated heterocycles. The summed E-state index contributed by atoms with van der Waals surface area (Å²) in [6.45, 7) is 6.23. The molecule has 1 heterocycles. The van der Waals surface area contributed by atoms with Gasteiger partial charge in [0.05, 0.1) is 5.69 Å². The van der Waals surface area contributed by atoms with Gasteiger partial charge in [-0.2, -0.15) is 0 Å². The van der Waals surface area contributed by atoms with Crippen molar-refractivity contribution < 1.29 is 4.74 Å². The topological polar surface area (TPSA) is 35.2 Å². The van der Waals surface area contributed by atoms with Crippen molar-refractivity contribution in [2.75, 3.05) is 5.73 Å². The van der Waals surface area contributed by atoms with Crippen LogP contribution in [0.15, 0.2) is 12.1 Å². The average molecular weight is 177 g/mol. The lowest BCUT2D eigenvalue weighted by molar-refractivity contribution is 0.139. The highest BCUT2D eigenvalue weighted by Crippen LogP contribution is 2.39. The molecule has 0 bridgehead atoms. The molecule has 0 fully saturated rings. The van der Waals surface area contributed by atoms with Gasteiger partial charge in [-0.05, 0) is 32.4 Å². The number of hydrogen-bond donors (Lipinski definition) is 1. The fourth-order valence-corrected chi connectivity index (χ4v) is 1.91. The molecule has 13 heavy (non-hydrogen) atoms. The Bertz CT molecular complexity index is 355. The maximum absolute atomic E-state index is 5.87. The molecule has 0 saturated carbocycles. The van der Waals surface area contributed by atoms with Gasteiger partial charge in [0.15, 0.2) is 0 Å². The zero-order valence-electron chi connectivity index (χ0n) is 8.35. The highest BCUT2D eigenvalue weighted by Gasteiger charge is 2.31. The van der Waals surface area contributed by atoms with Gasteiger partial charge in [-0.1, -0.05) is 6.07 Å². The van der Waals surface area contributed by atoms with Crippen molar-refractivity contribution >= 4 is 5.69 Å². The van der Waals surface area contributed by atoms with Gasteiger partial charge in [-0.3, -0.25) is 0 Å². The summed E-state index contributed by atoms with van der Waals surface area (Å²) in [6, 6.07) is 4.11. The van der Waals surface area contributed by atoms with Gasteiger partial charge in [0.1, 0.15) is 11.4 Å². The second kappa shape index (κ2) is 2.41. The first-order valence-electron chi connectivity index (χ1n) is 4.56. The van der Waals surface area contributed by atoms with Crippen LogP contribution in [0.2, 0.25) is 0 Å². The van der Waals surface area contributed by atoms with E-state index in [4.69, 9.17) is 10.5 Å². The molecule has 1 aromatic carbocycles. The van der Waals surface area contributed by atoms with E-state index in [2.05, 4.69) is 26.8 Å². The second-order valence-corrected chi connectivity index (χ2v) is 4.38. The lowest BCUT2D eigenvalue weighted by Crippen LogP contribution is -2.24. The van der Waals surface area contributed by atoms with Crippen LogP contribution in [0.3, 0.4) is 0 Å². The Labute approximate surface area is 78.7 Å². The molecule has 0 radical (unpaired) electrons. The SMILES string of the molecule is Cc1cc(N)c2c(c1)CC(C)(C)O2. The van der Waals surface area contributed by atoms with Crippen molar-refractivity contribution in [1.82, 2.24) is 0 Å². The van der Waals surface area contributed by atoms with Gasteiger partial charge >= 0.3 is 0 Å². The highest BCUT2D eigenvalue weighted by molar-refractivity contribution is 5.61. The van der Waals surface area contributed by atoms with Crippen LogP contribution in [-0.4, -0.2) is 5.60 Å². The van der Waals surface area contributed by atoms with Crippen molar-refractivity contribution in [3.63, 3.8) is 0 Å². The molecule has 0 aliphatic carbocycles. The molecule has 0 unspecified atom stereocenters. The van der Waals surface area contributed by atoms with Crippen LogP contribution in [-0.2, 0) is 6.42 Å². The summed E-state index contributed by atoms with van der Waals surface area (Å²) in [4.78, 5) is 0. The van der Waals surface area contributed by atoms with Crippen LogP contribution in [0.5, 0.6) is 5.75 Å². The minimum Gasteiger partial charge on any atom is -0.485 e. The van der Waals surface area contributed by atoms with Crippen molar-refractivity contribution in [1.29, 1.82) is 0 Å². The fraction of sp³-hybridized carbons (Fsp3) is 0.455. The number of anilines is 1. The molecule has 2 N–H and O–H groups in total. The molecule has 0 spiro atoms. The van der Waals surface area contributed by atoms with E-state index >= 15 is 0 Å². The van der Waals surface area contributed by atoms with Gasteiger partial charge in [0.25, 0.3) is 0 Å². The van der Waals surface area contributed by atoms with Gasteiger partial charge < -0.3 is 10.5 Å². The molecule has 0 amide bonds. The summed E-state index contributed by atoms with van der Waals surface area (Å²) in [5.74, 6) is 0.885. The van der Waals surface area contributed by atoms with Crippen LogP contribution < -0.4 is 10.5 Å². The molecule has 1 aliphatic rings. The van der Waals surface area contributed by atoms with Crippen molar-refractivity contribution in [2.45, 2.75) is 32.8 Å². The monoisotopic (exact) mass is 177 g/mol. The molecule has 1 aromatic rings. The Morgan fingerprint density at radius 1 is 1.38 bits per heavy atom. The van der Waals surface area contributed by atoms with Crippen LogP contribution in [0, 0.1) is 6.92 Å². The summed E-state index contributed by atoms with van der Waals surface area (Å²) in [7, 11) is 0. The van der Waals surface area contributed by atoms with E-state index < -0.39 is 0 Å². The first-order valence-corrected chi connectivity index (χ1v) is 4.56. The van der Waals surface area contributed by atoms with Crippen LogP contribution in [0.1, 0.15) is 25.0 Å². The Hall–Kier alpha value is -1.18. The maximum Gasteiger partial charge on any atom is 0.146 e. The van der Waals surface area contributed by atoms with Gasteiger partial charge in [-0.15, -0.1) is 0 Å². The lowest BCUT2D eigenvalue weighted by Gasteiger charge is -2.17. The summed E-state index contributed by atoms with van der Waals surface area (Å²) >= 11 is 0. The molecule has 70 valence electrons. The predicted molar refractivity (Wildman–Crippen MR) is 54.0 cm³/mol.